The number of aliphatic imine (C=N–C) groups is 4. The average molecular weight is 425 g/mol. The number of hydrogen-bond acceptors (Lipinski definition) is 5. The largest absolute Gasteiger partial charge is 0.256 e. The zero-order valence-electron chi connectivity index (χ0n) is 17.8. The number of fused-ring (bicyclic) bond motifs is 4. The molecule has 0 atom stereocenters. The predicted molar refractivity (Wildman–Crippen MR) is 135 cm³/mol. The summed E-state index contributed by atoms with van der Waals surface area (Å²) in [4.78, 5) is 23.8. The van der Waals surface area contributed by atoms with Crippen LogP contribution in [-0.4, -0.2) is 27.8 Å². The second-order valence-corrected chi connectivity index (χ2v) is 7.91. The van der Waals surface area contributed by atoms with Crippen LogP contribution in [0.25, 0.3) is 5.57 Å². The molecular weight excluding hydrogens is 406 g/mol. The minimum absolute atomic E-state index is 0.672. The fraction of sp³-hybridized carbons (Fsp3) is 0.0357. The number of allylic oxidation sites excluding steroid dienone is 13. The molecule has 0 fully saturated rings. The summed E-state index contributed by atoms with van der Waals surface area (Å²) in [6.45, 7) is 3.97. The summed E-state index contributed by atoms with van der Waals surface area (Å²) in [6, 6.07) is 5.92. The van der Waals surface area contributed by atoms with Gasteiger partial charge in [-0.05, 0) is 84.9 Å². The summed E-state index contributed by atoms with van der Waals surface area (Å²) in [5, 5.41) is 0. The lowest BCUT2D eigenvalue weighted by Crippen LogP contribution is -2.00. The van der Waals surface area contributed by atoms with Crippen molar-refractivity contribution in [3.05, 3.63) is 132 Å². The van der Waals surface area contributed by atoms with Crippen LogP contribution in [0.3, 0.4) is 0 Å². The van der Waals surface area contributed by atoms with Crippen molar-refractivity contribution in [2.75, 3.05) is 0 Å². The van der Waals surface area contributed by atoms with E-state index in [1.807, 2.05) is 85.0 Å². The van der Waals surface area contributed by atoms with Crippen molar-refractivity contribution in [3.63, 3.8) is 0 Å². The highest BCUT2D eigenvalue weighted by Crippen LogP contribution is 2.36. The van der Waals surface area contributed by atoms with E-state index < -0.39 is 0 Å². The van der Waals surface area contributed by atoms with Gasteiger partial charge in [0.2, 0.25) is 0 Å². The van der Waals surface area contributed by atoms with Gasteiger partial charge in [-0.1, -0.05) is 12.1 Å². The van der Waals surface area contributed by atoms with Gasteiger partial charge in [0.25, 0.3) is 0 Å². The molecule has 8 bridgehead atoms. The smallest absolute Gasteiger partial charge is 0.0756 e. The molecule has 0 radical (unpaired) electrons. The van der Waals surface area contributed by atoms with E-state index in [9.17, 15) is 0 Å². The van der Waals surface area contributed by atoms with E-state index in [4.69, 9.17) is 15.0 Å². The average Bonchev–Trinajstić information content (AvgIpc) is 3.60. The Morgan fingerprint density at radius 1 is 0.697 bits per heavy atom. The normalized spacial score (nSPS) is 20.1. The predicted octanol–water partition coefficient (Wildman–Crippen LogP) is 5.45. The third-order valence-corrected chi connectivity index (χ3v) is 5.59. The Balaban J connectivity index is 1.57. The van der Waals surface area contributed by atoms with Crippen LogP contribution in [0.15, 0.2) is 146 Å². The maximum Gasteiger partial charge on any atom is 0.0756 e. The zero-order valence-corrected chi connectivity index (χ0v) is 17.8. The van der Waals surface area contributed by atoms with Gasteiger partial charge in [0.1, 0.15) is 0 Å². The summed E-state index contributed by atoms with van der Waals surface area (Å²) in [6.07, 6.45) is 24.3. The fourth-order valence-electron chi connectivity index (χ4n) is 4.16. The number of rotatable bonds is 3. The van der Waals surface area contributed by atoms with Gasteiger partial charge in [0, 0.05) is 11.8 Å². The molecule has 1 aromatic heterocycles. The minimum Gasteiger partial charge on any atom is -0.256 e. The van der Waals surface area contributed by atoms with Gasteiger partial charge in [0.05, 0.1) is 51.3 Å². The monoisotopic (exact) mass is 425 g/mol. The Kier molecular flexibility index (Phi) is 4.58. The molecule has 0 saturated heterocycles. The first-order valence-corrected chi connectivity index (χ1v) is 10.8. The molecule has 0 saturated carbocycles. The Morgan fingerprint density at radius 3 is 1.94 bits per heavy atom. The molecule has 6 rings (SSSR count). The van der Waals surface area contributed by atoms with Gasteiger partial charge < -0.3 is 0 Å². The maximum atomic E-state index is 5.00. The van der Waals surface area contributed by atoms with E-state index in [2.05, 4.69) is 16.6 Å². The van der Waals surface area contributed by atoms with Crippen molar-refractivity contribution in [1.29, 1.82) is 0 Å². The lowest BCUT2D eigenvalue weighted by molar-refractivity contribution is 1.21. The topological polar surface area (TPSA) is 62.3 Å². The molecule has 0 spiro atoms. The number of aromatic nitrogens is 1. The molecule has 0 unspecified atom stereocenters. The van der Waals surface area contributed by atoms with Crippen LogP contribution >= 0.6 is 0 Å². The lowest BCUT2D eigenvalue weighted by atomic mass is 9.97. The van der Waals surface area contributed by atoms with Crippen LogP contribution in [0, 0.1) is 0 Å². The van der Waals surface area contributed by atoms with Gasteiger partial charge in [-0.2, -0.15) is 0 Å². The fourth-order valence-corrected chi connectivity index (χ4v) is 4.16. The summed E-state index contributed by atoms with van der Waals surface area (Å²) in [7, 11) is 0. The molecule has 0 aliphatic carbocycles. The first-order valence-electron chi connectivity index (χ1n) is 10.8. The number of hydrogen-bond donors (Lipinski definition) is 0. The second-order valence-electron chi connectivity index (χ2n) is 7.91. The van der Waals surface area contributed by atoms with Crippen molar-refractivity contribution in [1.82, 2.24) is 4.98 Å². The van der Waals surface area contributed by atoms with Crippen molar-refractivity contribution in [2.24, 2.45) is 20.0 Å². The van der Waals surface area contributed by atoms with Gasteiger partial charge in [0.15, 0.2) is 0 Å². The highest BCUT2D eigenvalue weighted by Gasteiger charge is 2.25. The number of pyridine rings is 1. The first-order chi connectivity index (χ1) is 16.2. The van der Waals surface area contributed by atoms with Crippen molar-refractivity contribution in [3.8, 4) is 0 Å². The SMILES string of the molecule is C=CCC1=C(c2ccccn2)C2=NC1=CC1=NC(=CC3=NC(=CC4=NC(=C2)C=C4)C=C3)C=C1. The molecule has 5 nitrogen and oxygen atoms in total. The summed E-state index contributed by atoms with van der Waals surface area (Å²) >= 11 is 0. The molecule has 0 amide bonds. The lowest BCUT2D eigenvalue weighted by Gasteiger charge is -2.07. The highest BCUT2D eigenvalue weighted by molar-refractivity contribution is 6.33. The molecule has 1 aromatic rings. The Morgan fingerprint density at radius 2 is 1.33 bits per heavy atom. The van der Waals surface area contributed by atoms with Crippen LogP contribution in [-0.2, 0) is 0 Å². The van der Waals surface area contributed by atoms with E-state index in [1.165, 1.54) is 0 Å². The highest BCUT2D eigenvalue weighted by atomic mass is 14.9. The van der Waals surface area contributed by atoms with Crippen LogP contribution in [0.2, 0.25) is 0 Å². The molecule has 0 N–H and O–H groups in total. The van der Waals surface area contributed by atoms with E-state index >= 15 is 0 Å². The molecule has 5 aliphatic heterocycles. The minimum atomic E-state index is 0.672. The Hall–Kier alpha value is -4.51. The third-order valence-electron chi connectivity index (χ3n) is 5.59. The van der Waals surface area contributed by atoms with Crippen molar-refractivity contribution in [2.45, 2.75) is 6.42 Å². The molecule has 6 heterocycles. The third kappa shape index (κ3) is 3.70. The summed E-state index contributed by atoms with van der Waals surface area (Å²) in [5.74, 6) is 0. The van der Waals surface area contributed by atoms with Crippen molar-refractivity contribution < 1.29 is 0 Å². The maximum absolute atomic E-state index is 5.00. The molecular formula is C28H19N5. The van der Waals surface area contributed by atoms with Gasteiger partial charge in [-0.3, -0.25) is 4.98 Å². The zero-order chi connectivity index (χ0) is 22.2. The second kappa shape index (κ2) is 7.88. The van der Waals surface area contributed by atoms with Crippen LogP contribution in [0.1, 0.15) is 12.1 Å². The van der Waals surface area contributed by atoms with Gasteiger partial charge >= 0.3 is 0 Å². The van der Waals surface area contributed by atoms with Gasteiger partial charge in [-0.15, -0.1) is 6.58 Å². The quantitative estimate of drug-likeness (QED) is 0.594. The summed E-state index contributed by atoms with van der Waals surface area (Å²) < 4.78 is 0. The van der Waals surface area contributed by atoms with E-state index in [1.54, 1.807) is 6.20 Å². The van der Waals surface area contributed by atoms with Crippen LogP contribution in [0.4, 0.5) is 0 Å². The molecule has 33 heavy (non-hydrogen) atoms. The Labute approximate surface area is 191 Å². The van der Waals surface area contributed by atoms with Crippen molar-refractivity contribution >= 4 is 28.4 Å². The van der Waals surface area contributed by atoms with E-state index in [0.717, 1.165) is 62.5 Å². The molecule has 156 valence electrons. The molecule has 5 heteroatoms. The van der Waals surface area contributed by atoms with Crippen LogP contribution in [0.5, 0.6) is 0 Å². The number of nitrogens with zero attached hydrogens (tertiary/aromatic N) is 5. The van der Waals surface area contributed by atoms with E-state index in [0.29, 0.717) is 6.42 Å². The Bertz CT molecular complexity index is 1460. The van der Waals surface area contributed by atoms with E-state index in [-0.39, 0.29) is 0 Å². The van der Waals surface area contributed by atoms with Gasteiger partial charge in [-0.25, -0.2) is 20.0 Å². The summed E-state index contributed by atoms with van der Waals surface area (Å²) in [5.41, 5.74) is 9.80. The first kappa shape index (κ1) is 19.2. The van der Waals surface area contributed by atoms with Crippen LogP contribution < -0.4 is 0 Å². The molecule has 0 aromatic carbocycles. The molecule has 5 aliphatic rings. The standard InChI is InChI=1S/C28H19N5/c1-2-5-24-26-16-22-11-9-20(31-22)14-18-7-8-19(30-18)15-21-10-12-23(32-21)17-27(33-26)28(24)25-6-3-4-13-29-25/h2-4,6-17H,1,5H2.